The van der Waals surface area contributed by atoms with Crippen LogP contribution in [-0.2, 0) is 4.74 Å². The molecule has 0 radical (unpaired) electrons. The van der Waals surface area contributed by atoms with Crippen LogP contribution in [0.25, 0.3) is 0 Å². The van der Waals surface area contributed by atoms with Gasteiger partial charge in [0.25, 0.3) is 0 Å². The lowest BCUT2D eigenvalue weighted by Gasteiger charge is -2.31. The second-order valence-corrected chi connectivity index (χ2v) is 4.71. The van der Waals surface area contributed by atoms with Crippen LogP contribution in [0.2, 0.25) is 0 Å². The zero-order chi connectivity index (χ0) is 11.8. The van der Waals surface area contributed by atoms with E-state index in [0.717, 1.165) is 25.9 Å². The van der Waals surface area contributed by atoms with Crippen LogP contribution in [0.4, 0.5) is 0 Å². The van der Waals surface area contributed by atoms with Crippen LogP contribution in [0.1, 0.15) is 25.7 Å². The molecule has 0 bridgehead atoms. The van der Waals surface area contributed by atoms with Crippen LogP contribution >= 0.6 is 0 Å². The normalized spacial score (nSPS) is 26.2. The molecule has 1 aliphatic carbocycles. The first-order valence-electron chi connectivity index (χ1n) is 6.29. The highest BCUT2D eigenvalue weighted by Gasteiger charge is 2.23. The largest absolute Gasteiger partial charge is 0.394 e. The average Bonchev–Trinajstić information content (AvgIpc) is 2.28. The van der Waals surface area contributed by atoms with Gasteiger partial charge in [-0.1, -0.05) is 12.8 Å². The molecule has 0 aromatic rings. The van der Waals surface area contributed by atoms with Crippen LogP contribution in [0.15, 0.2) is 0 Å². The Balaban J connectivity index is 2.09. The molecule has 0 aliphatic heterocycles. The molecule has 0 aromatic heterocycles. The molecule has 2 N–H and O–H groups in total. The molecule has 2 atom stereocenters. The first-order chi connectivity index (χ1) is 7.74. The van der Waals surface area contributed by atoms with Crippen LogP contribution < -0.4 is 0 Å². The van der Waals surface area contributed by atoms with Gasteiger partial charge in [0, 0.05) is 13.1 Å². The summed E-state index contributed by atoms with van der Waals surface area (Å²) in [6.45, 7) is 2.97. The SMILES string of the molecule is CN(CCOCCO)CC1CCCCC1O. The Kier molecular flexibility index (Phi) is 6.96. The van der Waals surface area contributed by atoms with E-state index in [9.17, 15) is 5.11 Å². The fourth-order valence-electron chi connectivity index (χ4n) is 2.28. The molecule has 4 heteroatoms. The van der Waals surface area contributed by atoms with Crippen molar-refractivity contribution in [2.24, 2.45) is 5.92 Å². The van der Waals surface area contributed by atoms with Crippen molar-refractivity contribution in [2.45, 2.75) is 31.8 Å². The van der Waals surface area contributed by atoms with Crippen molar-refractivity contribution in [3.63, 3.8) is 0 Å². The Morgan fingerprint density at radius 3 is 2.69 bits per heavy atom. The van der Waals surface area contributed by atoms with Crippen molar-refractivity contribution in [3.8, 4) is 0 Å². The predicted molar refractivity (Wildman–Crippen MR) is 63.4 cm³/mol. The summed E-state index contributed by atoms with van der Waals surface area (Å²) < 4.78 is 5.22. The second kappa shape index (κ2) is 8.01. The van der Waals surface area contributed by atoms with Crippen LogP contribution in [0.3, 0.4) is 0 Å². The molecule has 1 aliphatic rings. The van der Waals surface area contributed by atoms with E-state index in [4.69, 9.17) is 9.84 Å². The number of aliphatic hydroxyl groups excluding tert-OH is 2. The van der Waals surface area contributed by atoms with Gasteiger partial charge in [0.1, 0.15) is 0 Å². The summed E-state index contributed by atoms with van der Waals surface area (Å²) in [6, 6.07) is 0. The molecule has 0 spiro atoms. The van der Waals surface area contributed by atoms with E-state index in [0.29, 0.717) is 19.1 Å². The number of likely N-dealkylation sites (N-methyl/N-ethyl adjacent to an activating group) is 1. The Morgan fingerprint density at radius 2 is 2.00 bits per heavy atom. The van der Waals surface area contributed by atoms with Crippen molar-refractivity contribution < 1.29 is 14.9 Å². The van der Waals surface area contributed by atoms with E-state index in [1.807, 2.05) is 0 Å². The van der Waals surface area contributed by atoms with Crippen molar-refractivity contribution >= 4 is 0 Å². The predicted octanol–water partition coefficient (Wildman–Crippen LogP) is 0.478. The van der Waals surface area contributed by atoms with Gasteiger partial charge >= 0.3 is 0 Å². The minimum Gasteiger partial charge on any atom is -0.394 e. The number of nitrogens with zero attached hydrogens (tertiary/aromatic N) is 1. The number of hydrogen-bond donors (Lipinski definition) is 2. The third kappa shape index (κ3) is 5.25. The maximum atomic E-state index is 9.84. The fraction of sp³-hybridized carbons (Fsp3) is 1.00. The lowest BCUT2D eigenvalue weighted by molar-refractivity contribution is 0.0386. The minimum atomic E-state index is -0.116. The Labute approximate surface area is 98.2 Å². The van der Waals surface area contributed by atoms with Gasteiger partial charge in [-0.05, 0) is 25.8 Å². The Bertz CT molecular complexity index is 178. The number of rotatable bonds is 7. The Hall–Kier alpha value is -0.160. The number of ether oxygens (including phenoxy) is 1. The average molecular weight is 231 g/mol. The van der Waals surface area contributed by atoms with Crippen LogP contribution in [0.5, 0.6) is 0 Å². The van der Waals surface area contributed by atoms with Crippen molar-refractivity contribution in [3.05, 3.63) is 0 Å². The van der Waals surface area contributed by atoms with Crippen molar-refractivity contribution in [2.75, 3.05) is 40.0 Å². The summed E-state index contributed by atoms with van der Waals surface area (Å²) in [5, 5.41) is 18.4. The molecule has 2 unspecified atom stereocenters. The highest BCUT2D eigenvalue weighted by molar-refractivity contribution is 4.76. The molecule has 1 rings (SSSR count). The van der Waals surface area contributed by atoms with Gasteiger partial charge < -0.3 is 19.8 Å². The molecule has 96 valence electrons. The van der Waals surface area contributed by atoms with Gasteiger partial charge in [-0.25, -0.2) is 0 Å². The molecule has 0 heterocycles. The number of aliphatic hydroxyl groups is 2. The molecular formula is C12H25NO3. The van der Waals surface area contributed by atoms with Crippen LogP contribution in [0, 0.1) is 5.92 Å². The quantitative estimate of drug-likeness (QED) is 0.626. The van der Waals surface area contributed by atoms with E-state index in [2.05, 4.69) is 11.9 Å². The molecule has 0 aromatic carbocycles. The third-order valence-electron chi connectivity index (χ3n) is 3.27. The zero-order valence-corrected chi connectivity index (χ0v) is 10.3. The summed E-state index contributed by atoms with van der Waals surface area (Å²) in [7, 11) is 2.06. The molecular weight excluding hydrogens is 206 g/mol. The van der Waals surface area contributed by atoms with Gasteiger partial charge in [0.15, 0.2) is 0 Å². The second-order valence-electron chi connectivity index (χ2n) is 4.71. The first-order valence-corrected chi connectivity index (χ1v) is 6.29. The topological polar surface area (TPSA) is 52.9 Å². The van der Waals surface area contributed by atoms with Gasteiger partial charge in [0.05, 0.1) is 25.9 Å². The molecule has 16 heavy (non-hydrogen) atoms. The van der Waals surface area contributed by atoms with Gasteiger partial charge in [-0.2, -0.15) is 0 Å². The number of hydrogen-bond acceptors (Lipinski definition) is 4. The van der Waals surface area contributed by atoms with Gasteiger partial charge in [-0.15, -0.1) is 0 Å². The Morgan fingerprint density at radius 1 is 1.25 bits per heavy atom. The summed E-state index contributed by atoms with van der Waals surface area (Å²) >= 11 is 0. The van der Waals surface area contributed by atoms with Crippen molar-refractivity contribution in [1.82, 2.24) is 4.90 Å². The van der Waals surface area contributed by atoms with E-state index in [1.165, 1.54) is 12.8 Å². The standard InChI is InChI=1S/C12H25NO3/c1-13(6-8-16-9-7-14)10-11-4-2-3-5-12(11)15/h11-12,14-15H,2-10H2,1H3. The maximum absolute atomic E-state index is 9.84. The third-order valence-corrected chi connectivity index (χ3v) is 3.27. The fourth-order valence-corrected chi connectivity index (χ4v) is 2.28. The maximum Gasteiger partial charge on any atom is 0.0698 e. The monoisotopic (exact) mass is 231 g/mol. The summed E-state index contributed by atoms with van der Waals surface area (Å²) in [5.74, 6) is 0.427. The van der Waals surface area contributed by atoms with E-state index in [1.54, 1.807) is 0 Å². The summed E-state index contributed by atoms with van der Waals surface area (Å²) in [6.07, 6.45) is 4.40. The lowest BCUT2D eigenvalue weighted by Crippen LogP contribution is -2.36. The van der Waals surface area contributed by atoms with Crippen LogP contribution in [-0.4, -0.2) is 61.2 Å². The van der Waals surface area contributed by atoms with Gasteiger partial charge in [-0.3, -0.25) is 0 Å². The highest BCUT2D eigenvalue weighted by atomic mass is 16.5. The van der Waals surface area contributed by atoms with E-state index >= 15 is 0 Å². The molecule has 0 saturated heterocycles. The smallest absolute Gasteiger partial charge is 0.0698 e. The van der Waals surface area contributed by atoms with Crippen molar-refractivity contribution in [1.29, 1.82) is 0 Å². The van der Waals surface area contributed by atoms with E-state index in [-0.39, 0.29) is 12.7 Å². The molecule has 0 amide bonds. The molecule has 1 fully saturated rings. The zero-order valence-electron chi connectivity index (χ0n) is 10.3. The lowest BCUT2D eigenvalue weighted by atomic mass is 9.86. The minimum absolute atomic E-state index is 0.0883. The molecule has 1 saturated carbocycles. The first kappa shape index (κ1) is 13.9. The molecule has 4 nitrogen and oxygen atoms in total. The highest BCUT2D eigenvalue weighted by Crippen LogP contribution is 2.24. The van der Waals surface area contributed by atoms with E-state index < -0.39 is 0 Å². The van der Waals surface area contributed by atoms with Gasteiger partial charge in [0.2, 0.25) is 0 Å². The summed E-state index contributed by atoms with van der Waals surface area (Å²) in [4.78, 5) is 2.20. The summed E-state index contributed by atoms with van der Waals surface area (Å²) in [5.41, 5.74) is 0.